The summed E-state index contributed by atoms with van der Waals surface area (Å²) in [5, 5.41) is 114. The van der Waals surface area contributed by atoms with Crippen molar-refractivity contribution < 1.29 is 122 Å². The number of aliphatic carboxylic acids is 4. The first kappa shape index (κ1) is 113. The van der Waals surface area contributed by atoms with Crippen LogP contribution in [0.1, 0.15) is 187 Å². The quantitative estimate of drug-likeness (QED) is 0.0252. The van der Waals surface area contributed by atoms with E-state index in [0.29, 0.717) is 68.3 Å². The number of carbonyl (C=O) groups excluding carboxylic acids is 13. The van der Waals surface area contributed by atoms with E-state index in [2.05, 4.69) is 56.8 Å². The number of amides is 10. The molecule has 3 aliphatic rings. The zero-order valence-electron chi connectivity index (χ0n) is 82.2. The molecule has 5 heterocycles. The summed E-state index contributed by atoms with van der Waals surface area (Å²) in [7, 11) is 0. The third-order valence-corrected chi connectivity index (χ3v) is 25.6. The number of phenols is 4. The lowest BCUT2D eigenvalue weighted by atomic mass is 9.90. The molecule has 47 nitrogen and oxygen atoms in total. The van der Waals surface area contributed by atoms with E-state index in [4.69, 9.17) is 17.2 Å². The van der Waals surface area contributed by atoms with Gasteiger partial charge in [-0.1, -0.05) is 58.9 Å². The molecule has 2 aromatic heterocycles. The SMILES string of the molecule is CCNC(=O)c1nnc(-c2cc(C(C)C)c(O)cc2O)n1-c1ccc(CN2CCN(C(=O)C[C@H](NC(=O)CCNC(=O)[C@H](CCC(N)=O)CC(=O)[C@H](CCC(N)=O)NC(=O)[C@H](CCC(N)=O)CC(=O)CC[C@H](C(=O)O)N3CCN(CC(=O)O)CCN(CC(=O)O)CCN(CC(=O)O)CC3)C(=O)C[C@H](C)C(=O)N3CCN(Cc4ccc(-n5c(C(=O)NCC)nnc5-c5cc(C(C)C)c(O)cc5O)cc4)CC3)CC2)cc1. The van der Waals surface area contributed by atoms with Crippen molar-refractivity contribution in [3.8, 4) is 57.1 Å². The number of rotatable bonds is 52. The number of carboxylic acid groups (broad SMARTS) is 4. The average molecular weight is 2010 g/mol. The summed E-state index contributed by atoms with van der Waals surface area (Å²) in [6, 6.07) is 15.5. The minimum atomic E-state index is -1.64. The number of ketones is 3. The van der Waals surface area contributed by atoms with Gasteiger partial charge in [0.25, 0.3) is 11.8 Å². The lowest BCUT2D eigenvalue weighted by Crippen LogP contribution is -2.52. The van der Waals surface area contributed by atoms with Gasteiger partial charge < -0.3 is 94.4 Å². The number of piperazine rings is 2. The van der Waals surface area contributed by atoms with Crippen molar-refractivity contribution >= 4 is 100 Å². The summed E-state index contributed by atoms with van der Waals surface area (Å²) in [5.74, 6) is -19.5. The minimum absolute atomic E-state index is 0.0256. The molecule has 9 rings (SSSR count). The molecule has 0 saturated carbocycles. The Hall–Kier alpha value is -14.3. The van der Waals surface area contributed by atoms with Crippen LogP contribution in [0.25, 0.3) is 34.2 Å². The van der Waals surface area contributed by atoms with Gasteiger partial charge in [0.05, 0.1) is 49.3 Å². The standard InChI is InChI=1S/C97H134N22O25/c1-8-101-94(140)90-108-106-88(69-47-67(57(3)4)74(121)50-76(69)123)118(90)64-16-10-60(11-17-64)52-110-34-40-116(41-35-110)84(131)49-72(78(125)44-59(7)96(142)117-42-36-111(37-43-117)53-61-12-18-65(19-13-61)119-89(107-109-91(119)95(141)102-9-2)70-48-68(58(5)6)75(122)51-77(70)124)104-83(130)26-27-103-92(138)63(15-24-81(99)128)46-79(126)71(21-25-82(100)129)105-93(139)62(14-23-80(98)127)45-66(120)20-22-73(97(143)144)115-38-32-113(55-86(134)135)30-28-112(54-85(132)133)29-31-114(33-39-115)56-87(136)137/h10-13,16-19,47-48,50-51,57-59,62-63,71-73,121-124H,8-9,14-15,20-46,49,52-56H2,1-7H3,(H2,98,127)(H2,99,128)(H2,100,129)(H,101,140)(H,102,141)(H,103,138)(H,104,130)(H,105,139)(H,132,133)(H,134,135)(H,136,137)(H,143,144)/t59-,62+,63+,71-,72-,73+/m0/s1. The predicted octanol–water partition coefficient (Wildman–Crippen LogP) is 0.857. The molecule has 3 saturated heterocycles. The number of carbonyl (C=O) groups is 17. The molecule has 144 heavy (non-hydrogen) atoms. The summed E-state index contributed by atoms with van der Waals surface area (Å²) >= 11 is 0. The molecule has 3 aliphatic heterocycles. The van der Waals surface area contributed by atoms with E-state index >= 15 is 0 Å². The van der Waals surface area contributed by atoms with Gasteiger partial charge in [0.1, 0.15) is 34.8 Å². The van der Waals surface area contributed by atoms with Crippen molar-refractivity contribution in [2.45, 2.75) is 175 Å². The number of carboxylic acids is 4. The van der Waals surface area contributed by atoms with Crippen LogP contribution in [0.15, 0.2) is 72.8 Å². The smallest absolute Gasteiger partial charge is 0.320 e. The van der Waals surface area contributed by atoms with Gasteiger partial charge in [-0.05, 0) is 110 Å². The Kier molecular flexibility index (Phi) is 42.7. The van der Waals surface area contributed by atoms with E-state index in [1.54, 1.807) is 67.0 Å². The Labute approximate surface area is 831 Å². The Bertz CT molecular complexity index is 5550. The number of nitrogens with one attached hydrogen (secondary N) is 5. The summed E-state index contributed by atoms with van der Waals surface area (Å²) in [4.78, 5) is 242. The Morgan fingerprint density at radius 1 is 0.403 bits per heavy atom. The Morgan fingerprint density at radius 2 is 0.806 bits per heavy atom. The van der Waals surface area contributed by atoms with Crippen LogP contribution in [0.3, 0.4) is 0 Å². The van der Waals surface area contributed by atoms with Crippen LogP contribution >= 0.6 is 0 Å². The molecule has 0 radical (unpaired) electrons. The second-order valence-electron chi connectivity index (χ2n) is 37.1. The Morgan fingerprint density at radius 3 is 1.22 bits per heavy atom. The first-order valence-electron chi connectivity index (χ1n) is 48.3. The minimum Gasteiger partial charge on any atom is -0.508 e. The highest BCUT2D eigenvalue weighted by Gasteiger charge is 2.38. The van der Waals surface area contributed by atoms with E-state index in [-0.39, 0.29) is 173 Å². The average Bonchev–Trinajstić information content (AvgIpc) is 1.61. The number of phenolic OH excluding ortho intramolecular Hbond substituents is 4. The number of aromatic hydroxyl groups is 4. The molecular formula is C97H134N22O25. The van der Waals surface area contributed by atoms with Crippen LogP contribution in [0.5, 0.6) is 23.0 Å². The second-order valence-corrected chi connectivity index (χ2v) is 37.1. The lowest BCUT2D eigenvalue weighted by Gasteiger charge is -2.36. The first-order chi connectivity index (χ1) is 68.4. The van der Waals surface area contributed by atoms with Crippen molar-refractivity contribution in [2.24, 2.45) is 35.0 Å². The molecule has 4 aromatic carbocycles. The van der Waals surface area contributed by atoms with Crippen molar-refractivity contribution in [1.29, 1.82) is 0 Å². The fourth-order valence-electron chi connectivity index (χ4n) is 17.7. The van der Waals surface area contributed by atoms with Crippen LogP contribution in [0.2, 0.25) is 0 Å². The zero-order chi connectivity index (χ0) is 105. The van der Waals surface area contributed by atoms with Gasteiger partial charge in [-0.3, -0.25) is 120 Å². The van der Waals surface area contributed by atoms with Crippen LogP contribution in [0, 0.1) is 17.8 Å². The summed E-state index contributed by atoms with van der Waals surface area (Å²) in [5.41, 5.74) is 20.8. The van der Waals surface area contributed by atoms with Crippen LogP contribution in [-0.2, 0) is 85.0 Å². The third-order valence-electron chi connectivity index (χ3n) is 25.6. The molecule has 19 N–H and O–H groups in total. The molecule has 3 fully saturated rings. The molecule has 6 aromatic rings. The van der Waals surface area contributed by atoms with E-state index in [1.807, 2.05) is 52.0 Å². The fourth-order valence-corrected chi connectivity index (χ4v) is 17.7. The van der Waals surface area contributed by atoms with Gasteiger partial charge in [0.2, 0.25) is 58.9 Å². The number of benzene rings is 4. The summed E-state index contributed by atoms with van der Waals surface area (Å²) in [6.07, 6.45) is -6.58. The highest BCUT2D eigenvalue weighted by Crippen LogP contribution is 2.41. The number of hydrogen-bond acceptors (Lipinski definition) is 31. The van der Waals surface area contributed by atoms with Gasteiger partial charge in [-0.15, -0.1) is 20.4 Å². The number of hydrogen-bond donors (Lipinski definition) is 16. The van der Waals surface area contributed by atoms with Crippen molar-refractivity contribution in [2.75, 3.05) is 144 Å². The van der Waals surface area contributed by atoms with E-state index < -0.39 is 227 Å². The summed E-state index contributed by atoms with van der Waals surface area (Å²) in [6.45, 7) is 14.2. The predicted molar refractivity (Wildman–Crippen MR) is 519 cm³/mol. The lowest BCUT2D eigenvalue weighted by molar-refractivity contribution is -0.145. The molecular weight excluding hydrogens is 1870 g/mol. The topological polar surface area (TPSA) is 678 Å². The first-order valence-corrected chi connectivity index (χ1v) is 48.3. The summed E-state index contributed by atoms with van der Waals surface area (Å²) < 4.78 is 3.03. The largest absolute Gasteiger partial charge is 0.508 e. The van der Waals surface area contributed by atoms with Crippen LogP contribution < -0.4 is 43.8 Å². The normalized spacial score (nSPS) is 15.9. The fraction of sp³-hybridized carbons (Fsp3) is 0.536. The molecule has 0 unspecified atom stereocenters. The van der Waals surface area contributed by atoms with Gasteiger partial charge in [-0.2, -0.15) is 0 Å². The molecule has 0 aliphatic carbocycles. The molecule has 47 heteroatoms. The monoisotopic (exact) mass is 2010 g/mol. The highest BCUT2D eigenvalue weighted by atomic mass is 16.4. The molecule has 10 amide bonds. The van der Waals surface area contributed by atoms with Gasteiger partial charge in [0, 0.05) is 230 Å². The van der Waals surface area contributed by atoms with Crippen LogP contribution in [0.4, 0.5) is 0 Å². The maximum Gasteiger partial charge on any atom is 0.320 e. The molecule has 782 valence electrons. The van der Waals surface area contributed by atoms with Crippen molar-refractivity contribution in [3.05, 3.63) is 107 Å². The maximum atomic E-state index is 14.8. The number of nitrogens with two attached hydrogens (primary N) is 3. The van der Waals surface area contributed by atoms with E-state index in [9.17, 15) is 122 Å². The van der Waals surface area contributed by atoms with E-state index in [0.717, 1.165) is 11.1 Å². The van der Waals surface area contributed by atoms with Gasteiger partial charge >= 0.3 is 23.9 Å². The van der Waals surface area contributed by atoms with Crippen molar-refractivity contribution in [3.63, 3.8) is 0 Å². The third kappa shape index (κ3) is 33.4. The van der Waals surface area contributed by atoms with Gasteiger partial charge in [-0.25, -0.2) is 0 Å². The zero-order valence-corrected chi connectivity index (χ0v) is 82.2. The van der Waals surface area contributed by atoms with Crippen LogP contribution in [-0.4, -0.2) is 372 Å². The highest BCUT2D eigenvalue weighted by molar-refractivity contribution is 5.98. The number of aromatic nitrogens is 6. The van der Waals surface area contributed by atoms with Crippen molar-refractivity contribution in [1.82, 2.24) is 95.3 Å². The number of nitrogens with zero attached hydrogens (tertiary/aromatic N) is 14. The number of primary amides is 3. The second kappa shape index (κ2) is 54.3. The molecule has 6 atom stereocenters. The van der Waals surface area contributed by atoms with Gasteiger partial charge in [0.15, 0.2) is 23.2 Å². The Balaban J connectivity index is 0.867. The molecule has 0 bridgehead atoms. The molecule has 0 spiro atoms. The maximum absolute atomic E-state index is 14.8. The van der Waals surface area contributed by atoms with E-state index in [1.165, 1.54) is 40.9 Å². The number of Topliss-reactive ketones (excluding diaryl/α,β-unsaturated/α-hetero) is 3.